The summed E-state index contributed by atoms with van der Waals surface area (Å²) < 4.78 is 0. The van der Waals surface area contributed by atoms with Crippen molar-refractivity contribution in [1.29, 1.82) is 0 Å². The van der Waals surface area contributed by atoms with Gasteiger partial charge in [-0.25, -0.2) is 0 Å². The third-order valence-corrected chi connectivity index (χ3v) is 7.85. The first kappa shape index (κ1) is 21.4. The van der Waals surface area contributed by atoms with Crippen molar-refractivity contribution in [1.82, 2.24) is 20.4 Å². The van der Waals surface area contributed by atoms with Crippen LogP contribution in [-0.2, 0) is 9.59 Å². The van der Waals surface area contributed by atoms with Gasteiger partial charge in [-0.15, -0.1) is 11.8 Å². The molecule has 0 aromatic rings. The average Bonchev–Trinajstić information content (AvgIpc) is 3.64. The predicted octanol–water partition coefficient (Wildman–Crippen LogP) is 1.99. The maximum Gasteiger partial charge on any atom is 0.230 e. The van der Waals surface area contributed by atoms with Gasteiger partial charge in [0.15, 0.2) is 0 Å². The monoisotopic (exact) mass is 422 g/mol. The lowest BCUT2D eigenvalue weighted by molar-refractivity contribution is -0.119. The fourth-order valence-electron chi connectivity index (χ4n) is 5.06. The van der Waals surface area contributed by atoms with E-state index in [1.807, 2.05) is 0 Å². The number of rotatable bonds is 10. The summed E-state index contributed by atoms with van der Waals surface area (Å²) in [6, 6.07) is 2.57. The molecule has 0 aromatic heterocycles. The number of nitrogens with one attached hydrogen (secondary N) is 2. The lowest BCUT2D eigenvalue weighted by Crippen LogP contribution is -2.48. The molecule has 29 heavy (non-hydrogen) atoms. The van der Waals surface area contributed by atoms with E-state index in [2.05, 4.69) is 20.4 Å². The highest BCUT2D eigenvalue weighted by atomic mass is 32.2. The molecule has 164 valence electrons. The van der Waals surface area contributed by atoms with Crippen LogP contribution in [0.5, 0.6) is 0 Å². The maximum atomic E-state index is 12.2. The van der Waals surface area contributed by atoms with E-state index < -0.39 is 0 Å². The van der Waals surface area contributed by atoms with Crippen molar-refractivity contribution in [3.63, 3.8) is 0 Å². The van der Waals surface area contributed by atoms with Crippen LogP contribution >= 0.6 is 11.8 Å². The van der Waals surface area contributed by atoms with E-state index in [9.17, 15) is 9.59 Å². The van der Waals surface area contributed by atoms with Crippen molar-refractivity contribution in [2.45, 2.75) is 88.4 Å². The van der Waals surface area contributed by atoms with Crippen LogP contribution in [0.1, 0.15) is 64.2 Å². The molecule has 2 amide bonds. The predicted molar refractivity (Wildman–Crippen MR) is 118 cm³/mol. The van der Waals surface area contributed by atoms with E-state index in [1.54, 1.807) is 0 Å². The topological polar surface area (TPSA) is 64.7 Å². The third-order valence-electron chi connectivity index (χ3n) is 6.91. The zero-order valence-corrected chi connectivity index (χ0v) is 18.6. The van der Waals surface area contributed by atoms with Crippen LogP contribution in [0.2, 0.25) is 0 Å². The Bertz CT molecular complexity index is 519. The van der Waals surface area contributed by atoms with Gasteiger partial charge in [-0.1, -0.05) is 12.8 Å². The largest absolute Gasteiger partial charge is 0.354 e. The molecular weight excluding hydrogens is 384 g/mol. The lowest BCUT2D eigenvalue weighted by atomic mass is 10.0. The van der Waals surface area contributed by atoms with Crippen LogP contribution in [0, 0.1) is 0 Å². The number of carbonyl (C=O) groups excluding carboxylic acids is 2. The highest BCUT2D eigenvalue weighted by Gasteiger charge is 2.36. The number of nitrogens with zero attached hydrogens (tertiary/aromatic N) is 2. The molecule has 0 aromatic carbocycles. The van der Waals surface area contributed by atoms with E-state index in [4.69, 9.17) is 0 Å². The Morgan fingerprint density at radius 3 is 1.55 bits per heavy atom. The molecule has 4 fully saturated rings. The Morgan fingerprint density at radius 2 is 1.14 bits per heavy atom. The number of amides is 2. The molecule has 0 radical (unpaired) electrons. The second-order valence-electron chi connectivity index (χ2n) is 9.34. The second-order valence-corrected chi connectivity index (χ2v) is 10.3. The fraction of sp³-hybridized carbons (Fsp3) is 0.909. The summed E-state index contributed by atoms with van der Waals surface area (Å²) in [5, 5.41) is 6.22. The average molecular weight is 423 g/mol. The Balaban J connectivity index is 1.07. The first-order chi connectivity index (χ1) is 14.2. The summed E-state index contributed by atoms with van der Waals surface area (Å²) >= 11 is 1.43. The van der Waals surface area contributed by atoms with E-state index in [0.717, 1.165) is 25.2 Å². The first-order valence-electron chi connectivity index (χ1n) is 11.8. The van der Waals surface area contributed by atoms with Crippen molar-refractivity contribution >= 4 is 23.6 Å². The van der Waals surface area contributed by atoms with Crippen molar-refractivity contribution < 1.29 is 9.59 Å². The quantitative estimate of drug-likeness (QED) is 0.564. The molecule has 4 rings (SSSR count). The molecular formula is C22H38N4O2S. The fourth-order valence-corrected chi connectivity index (χ4v) is 5.74. The van der Waals surface area contributed by atoms with Gasteiger partial charge in [0, 0.05) is 37.3 Å². The zero-order valence-electron chi connectivity index (χ0n) is 17.7. The van der Waals surface area contributed by atoms with E-state index in [-0.39, 0.29) is 11.8 Å². The minimum atomic E-state index is 0.0660. The molecule has 2 saturated carbocycles. The summed E-state index contributed by atoms with van der Waals surface area (Å²) in [5.74, 6) is 0.884. The van der Waals surface area contributed by atoms with E-state index in [0.29, 0.717) is 23.6 Å². The van der Waals surface area contributed by atoms with Crippen LogP contribution < -0.4 is 10.6 Å². The summed E-state index contributed by atoms with van der Waals surface area (Å²) in [4.78, 5) is 29.6. The molecule has 2 heterocycles. The minimum absolute atomic E-state index is 0.0660. The molecule has 7 heteroatoms. The van der Waals surface area contributed by atoms with Gasteiger partial charge in [-0.05, 0) is 64.5 Å². The van der Waals surface area contributed by atoms with Gasteiger partial charge in [-0.2, -0.15) is 0 Å². The van der Waals surface area contributed by atoms with Gasteiger partial charge >= 0.3 is 0 Å². The standard InChI is InChI=1S/C22H38N4O2S/c27-21(23-13-19-5-1-3-11-25(19)17-7-8-17)15-29-16-22(28)24-14-20-6-2-4-12-26(20)18-9-10-18/h17-20H,1-16H2,(H,23,27)(H,24,28). The maximum absolute atomic E-state index is 12.2. The summed E-state index contributed by atoms with van der Waals surface area (Å²) in [6.07, 6.45) is 12.9. The van der Waals surface area contributed by atoms with Crippen LogP contribution in [0.3, 0.4) is 0 Å². The van der Waals surface area contributed by atoms with Gasteiger partial charge in [0.25, 0.3) is 0 Å². The van der Waals surface area contributed by atoms with Crippen molar-refractivity contribution in [2.75, 3.05) is 37.7 Å². The number of hydrogen-bond donors (Lipinski definition) is 2. The molecule has 4 aliphatic rings. The molecule has 2 unspecified atom stereocenters. The number of carbonyl (C=O) groups is 2. The Hall–Kier alpha value is -0.790. The van der Waals surface area contributed by atoms with Crippen LogP contribution in [0.15, 0.2) is 0 Å². The second kappa shape index (κ2) is 10.5. The molecule has 6 nitrogen and oxygen atoms in total. The normalized spacial score (nSPS) is 28.8. The van der Waals surface area contributed by atoms with Gasteiger partial charge in [0.05, 0.1) is 11.5 Å². The van der Waals surface area contributed by atoms with Gasteiger partial charge in [0.1, 0.15) is 0 Å². The summed E-state index contributed by atoms with van der Waals surface area (Å²) in [6.45, 7) is 3.92. The number of piperidine rings is 2. The SMILES string of the molecule is O=C(CSCC(=O)NCC1CCCCN1C1CC1)NCC1CCCCN1C1CC1. The smallest absolute Gasteiger partial charge is 0.230 e. The van der Waals surface area contributed by atoms with Gasteiger partial charge < -0.3 is 10.6 Å². The molecule has 2 saturated heterocycles. The first-order valence-corrected chi connectivity index (χ1v) is 13.0. The third kappa shape index (κ3) is 6.59. The Labute approximate surface area is 179 Å². The number of hydrogen-bond acceptors (Lipinski definition) is 5. The molecule has 0 bridgehead atoms. The Morgan fingerprint density at radius 1 is 0.690 bits per heavy atom. The molecule has 2 atom stereocenters. The lowest BCUT2D eigenvalue weighted by Gasteiger charge is -2.36. The van der Waals surface area contributed by atoms with Crippen molar-refractivity contribution in [3.05, 3.63) is 0 Å². The number of likely N-dealkylation sites (tertiary alicyclic amines) is 2. The van der Waals surface area contributed by atoms with Gasteiger partial charge in [0.2, 0.25) is 11.8 Å². The van der Waals surface area contributed by atoms with E-state index in [1.165, 1.54) is 89.1 Å². The van der Waals surface area contributed by atoms with Crippen LogP contribution in [0.4, 0.5) is 0 Å². The summed E-state index contributed by atoms with van der Waals surface area (Å²) in [7, 11) is 0. The van der Waals surface area contributed by atoms with Crippen LogP contribution in [0.25, 0.3) is 0 Å². The molecule has 2 N–H and O–H groups in total. The molecule has 2 aliphatic carbocycles. The number of thioether (sulfide) groups is 1. The van der Waals surface area contributed by atoms with E-state index >= 15 is 0 Å². The summed E-state index contributed by atoms with van der Waals surface area (Å²) in [5.41, 5.74) is 0. The van der Waals surface area contributed by atoms with Gasteiger partial charge in [-0.3, -0.25) is 19.4 Å². The van der Waals surface area contributed by atoms with Crippen molar-refractivity contribution in [3.8, 4) is 0 Å². The highest BCUT2D eigenvalue weighted by molar-refractivity contribution is 8.00. The molecule has 0 spiro atoms. The minimum Gasteiger partial charge on any atom is -0.354 e. The zero-order chi connectivity index (χ0) is 20.1. The van der Waals surface area contributed by atoms with Crippen molar-refractivity contribution in [2.24, 2.45) is 0 Å². The highest BCUT2D eigenvalue weighted by Crippen LogP contribution is 2.33. The van der Waals surface area contributed by atoms with Crippen LogP contribution in [-0.4, -0.2) is 83.5 Å². The molecule has 2 aliphatic heterocycles. The Kier molecular flexibility index (Phi) is 7.76.